The minimum Gasteiger partial charge on any atom is -0.340 e. The number of aryl methyl sites for hydroxylation is 2. The molecule has 0 aliphatic rings. The van der Waals surface area contributed by atoms with Crippen LogP contribution >= 0.6 is 0 Å². The number of nitrogens with one attached hydrogen (secondary N) is 1. The maximum absolute atomic E-state index is 12.0. The van der Waals surface area contributed by atoms with E-state index in [0.29, 0.717) is 0 Å². The van der Waals surface area contributed by atoms with Gasteiger partial charge in [-0.15, -0.1) is 0 Å². The maximum Gasteiger partial charge on any atom is 0.253 e. The van der Waals surface area contributed by atoms with Gasteiger partial charge in [0.2, 0.25) is 0 Å². The van der Waals surface area contributed by atoms with Crippen molar-refractivity contribution >= 4 is 5.91 Å². The van der Waals surface area contributed by atoms with Gasteiger partial charge in [-0.05, 0) is 44.2 Å². The molecule has 0 aliphatic heterocycles. The van der Waals surface area contributed by atoms with Crippen LogP contribution in [-0.2, 0) is 0 Å². The van der Waals surface area contributed by atoms with Gasteiger partial charge in [0.25, 0.3) is 5.91 Å². The number of nitrogens with zero attached hydrogens (tertiary/aromatic N) is 1. The molecule has 88 valence electrons. The number of carbonyl (C=O) groups excluding carboxylic acids is 1. The molecule has 3 nitrogen and oxygen atoms in total. The summed E-state index contributed by atoms with van der Waals surface area (Å²) in [5.74, 6) is 0.0818. The fourth-order valence-electron chi connectivity index (χ4n) is 1.48. The second-order valence-electron chi connectivity index (χ2n) is 4.13. The number of likely N-dealkylation sites (N-methyl/N-ethyl adjacent to an activating group) is 2. The average molecular weight is 220 g/mol. The Balaban J connectivity index is 2.76. The van der Waals surface area contributed by atoms with Crippen molar-refractivity contribution < 1.29 is 4.79 Å². The first-order chi connectivity index (χ1) is 7.56. The molecule has 0 heterocycles. The Kier molecular flexibility index (Phi) is 4.50. The molecular weight excluding hydrogens is 200 g/mol. The van der Waals surface area contributed by atoms with Crippen LogP contribution in [0.3, 0.4) is 0 Å². The van der Waals surface area contributed by atoms with E-state index in [1.165, 1.54) is 5.56 Å². The lowest BCUT2D eigenvalue weighted by molar-refractivity contribution is 0.0797. The quantitative estimate of drug-likeness (QED) is 0.836. The topological polar surface area (TPSA) is 32.3 Å². The molecule has 0 spiro atoms. The smallest absolute Gasteiger partial charge is 0.253 e. The van der Waals surface area contributed by atoms with Crippen LogP contribution in [0, 0.1) is 13.8 Å². The van der Waals surface area contributed by atoms with E-state index < -0.39 is 0 Å². The van der Waals surface area contributed by atoms with Crippen molar-refractivity contribution in [1.29, 1.82) is 0 Å². The first-order valence-corrected chi connectivity index (χ1v) is 5.53. The van der Waals surface area contributed by atoms with Gasteiger partial charge < -0.3 is 10.2 Å². The van der Waals surface area contributed by atoms with E-state index in [1.54, 1.807) is 4.90 Å². The van der Waals surface area contributed by atoms with Crippen LogP contribution in [0.2, 0.25) is 0 Å². The zero-order chi connectivity index (χ0) is 12.1. The summed E-state index contributed by atoms with van der Waals surface area (Å²) in [5, 5.41) is 3.03. The number of hydrogen-bond acceptors (Lipinski definition) is 2. The Bertz CT molecular complexity index is 374. The van der Waals surface area contributed by atoms with Crippen LogP contribution in [0.1, 0.15) is 21.5 Å². The Labute approximate surface area is 97.5 Å². The van der Waals surface area contributed by atoms with Gasteiger partial charge in [0.1, 0.15) is 0 Å². The van der Waals surface area contributed by atoms with Crippen LogP contribution in [0.4, 0.5) is 0 Å². The maximum atomic E-state index is 12.0. The third kappa shape index (κ3) is 3.07. The molecule has 0 radical (unpaired) electrons. The molecule has 1 aromatic rings. The highest BCUT2D eigenvalue weighted by Crippen LogP contribution is 2.11. The van der Waals surface area contributed by atoms with Crippen LogP contribution in [0.25, 0.3) is 0 Å². The molecular formula is C13H20N2O. The summed E-state index contributed by atoms with van der Waals surface area (Å²) in [7, 11) is 3.71. The molecule has 16 heavy (non-hydrogen) atoms. The molecule has 0 aliphatic carbocycles. The third-order valence-corrected chi connectivity index (χ3v) is 2.80. The van der Waals surface area contributed by atoms with E-state index in [4.69, 9.17) is 0 Å². The summed E-state index contributed by atoms with van der Waals surface area (Å²) < 4.78 is 0. The van der Waals surface area contributed by atoms with Crippen molar-refractivity contribution in [2.75, 3.05) is 27.2 Å². The van der Waals surface area contributed by atoms with Gasteiger partial charge in [-0.2, -0.15) is 0 Å². The van der Waals surface area contributed by atoms with Gasteiger partial charge in [0, 0.05) is 25.7 Å². The second kappa shape index (κ2) is 5.66. The summed E-state index contributed by atoms with van der Waals surface area (Å²) in [6, 6.07) is 5.84. The largest absolute Gasteiger partial charge is 0.340 e. The highest BCUT2D eigenvalue weighted by Gasteiger charge is 2.11. The average Bonchev–Trinajstić information content (AvgIpc) is 2.28. The molecule has 0 saturated heterocycles. The highest BCUT2D eigenvalue weighted by molar-refractivity contribution is 5.94. The van der Waals surface area contributed by atoms with Crippen molar-refractivity contribution in [2.24, 2.45) is 0 Å². The zero-order valence-corrected chi connectivity index (χ0v) is 10.5. The van der Waals surface area contributed by atoms with Gasteiger partial charge in [-0.25, -0.2) is 0 Å². The molecule has 0 bridgehead atoms. The van der Waals surface area contributed by atoms with Crippen molar-refractivity contribution in [2.45, 2.75) is 13.8 Å². The molecule has 0 atom stereocenters. The normalized spacial score (nSPS) is 10.2. The lowest BCUT2D eigenvalue weighted by Crippen LogP contribution is -2.32. The number of carbonyl (C=O) groups is 1. The lowest BCUT2D eigenvalue weighted by Gasteiger charge is -2.17. The van der Waals surface area contributed by atoms with Crippen LogP contribution in [0.5, 0.6) is 0 Å². The third-order valence-electron chi connectivity index (χ3n) is 2.80. The monoisotopic (exact) mass is 220 g/mol. The Hall–Kier alpha value is -1.35. The zero-order valence-electron chi connectivity index (χ0n) is 10.5. The van der Waals surface area contributed by atoms with E-state index in [0.717, 1.165) is 24.2 Å². The molecule has 1 aromatic carbocycles. The lowest BCUT2D eigenvalue weighted by atomic mass is 10.1. The summed E-state index contributed by atoms with van der Waals surface area (Å²) in [4.78, 5) is 13.7. The van der Waals surface area contributed by atoms with Gasteiger partial charge >= 0.3 is 0 Å². The first kappa shape index (κ1) is 12.7. The van der Waals surface area contributed by atoms with Gasteiger partial charge in [0.15, 0.2) is 0 Å². The van der Waals surface area contributed by atoms with E-state index in [-0.39, 0.29) is 5.91 Å². The van der Waals surface area contributed by atoms with Gasteiger partial charge in [-0.1, -0.05) is 6.07 Å². The number of amides is 1. The number of rotatable bonds is 4. The summed E-state index contributed by atoms with van der Waals surface area (Å²) >= 11 is 0. The SMILES string of the molecule is CNCCN(C)C(=O)c1ccc(C)c(C)c1. The van der Waals surface area contributed by atoms with Gasteiger partial charge in [0.05, 0.1) is 0 Å². The fraction of sp³-hybridized carbons (Fsp3) is 0.462. The minimum atomic E-state index is 0.0818. The van der Waals surface area contributed by atoms with Crippen molar-refractivity contribution in [3.63, 3.8) is 0 Å². The first-order valence-electron chi connectivity index (χ1n) is 5.53. The van der Waals surface area contributed by atoms with Crippen LogP contribution < -0.4 is 5.32 Å². The number of benzene rings is 1. The molecule has 0 unspecified atom stereocenters. The van der Waals surface area contributed by atoms with E-state index in [1.807, 2.05) is 46.1 Å². The van der Waals surface area contributed by atoms with E-state index >= 15 is 0 Å². The summed E-state index contributed by atoms with van der Waals surface area (Å²) in [5.41, 5.74) is 3.14. The fourth-order valence-corrected chi connectivity index (χ4v) is 1.48. The summed E-state index contributed by atoms with van der Waals surface area (Å²) in [6.07, 6.45) is 0. The van der Waals surface area contributed by atoms with Crippen LogP contribution in [0.15, 0.2) is 18.2 Å². The summed E-state index contributed by atoms with van der Waals surface area (Å²) in [6.45, 7) is 5.61. The van der Waals surface area contributed by atoms with Gasteiger partial charge in [-0.3, -0.25) is 4.79 Å². The Morgan fingerprint density at radius 2 is 2.00 bits per heavy atom. The standard InChI is InChI=1S/C13H20N2O/c1-10-5-6-12(9-11(10)2)13(16)15(4)8-7-14-3/h5-6,9,14H,7-8H2,1-4H3. The molecule has 1 rings (SSSR count). The molecule has 1 amide bonds. The molecule has 0 fully saturated rings. The minimum absolute atomic E-state index is 0.0818. The predicted octanol–water partition coefficient (Wildman–Crippen LogP) is 1.59. The molecule has 0 aromatic heterocycles. The second-order valence-corrected chi connectivity index (χ2v) is 4.13. The molecule has 0 saturated carbocycles. The predicted molar refractivity (Wildman–Crippen MR) is 66.8 cm³/mol. The molecule has 3 heteroatoms. The highest BCUT2D eigenvalue weighted by atomic mass is 16.2. The van der Waals surface area contributed by atoms with Crippen molar-refractivity contribution in [1.82, 2.24) is 10.2 Å². The Morgan fingerprint density at radius 1 is 1.31 bits per heavy atom. The van der Waals surface area contributed by atoms with Crippen molar-refractivity contribution in [3.8, 4) is 0 Å². The Morgan fingerprint density at radius 3 is 2.56 bits per heavy atom. The van der Waals surface area contributed by atoms with E-state index in [2.05, 4.69) is 5.32 Å². The van der Waals surface area contributed by atoms with Crippen LogP contribution in [-0.4, -0.2) is 38.0 Å². The van der Waals surface area contributed by atoms with E-state index in [9.17, 15) is 4.79 Å². The van der Waals surface area contributed by atoms with Crippen molar-refractivity contribution in [3.05, 3.63) is 34.9 Å². The number of hydrogen-bond donors (Lipinski definition) is 1. The molecule has 1 N–H and O–H groups in total.